The van der Waals surface area contributed by atoms with E-state index in [0.29, 0.717) is 5.56 Å². The summed E-state index contributed by atoms with van der Waals surface area (Å²) in [6.45, 7) is 5.26. The second-order valence-electron chi connectivity index (χ2n) is 7.23. The van der Waals surface area contributed by atoms with Gasteiger partial charge in [0.05, 0.1) is 17.3 Å². The van der Waals surface area contributed by atoms with Gasteiger partial charge in [0.15, 0.2) is 5.67 Å². The number of likely N-dealkylation sites (tertiary alicyclic amines) is 1. The first kappa shape index (κ1) is 19.9. The minimum atomic E-state index is -1.75. The number of nitrogens with zero attached hydrogens (tertiary/aromatic N) is 2. The van der Waals surface area contributed by atoms with Crippen molar-refractivity contribution in [1.82, 2.24) is 9.88 Å². The van der Waals surface area contributed by atoms with Gasteiger partial charge in [-0.15, -0.1) is 0 Å². The Kier molecular flexibility index (Phi) is 5.91. The highest BCUT2D eigenvalue weighted by molar-refractivity contribution is 6.31. The molecule has 25 heavy (non-hydrogen) atoms. The lowest BCUT2D eigenvalue weighted by molar-refractivity contribution is 0.00125. The molecular formula is C17H24ClFN2O4. The van der Waals surface area contributed by atoms with E-state index in [4.69, 9.17) is 21.4 Å². The Morgan fingerprint density at radius 2 is 2.08 bits per heavy atom. The van der Waals surface area contributed by atoms with Crippen LogP contribution >= 0.6 is 11.6 Å². The van der Waals surface area contributed by atoms with Crippen LogP contribution in [0.25, 0.3) is 0 Å². The van der Waals surface area contributed by atoms with E-state index in [1.165, 1.54) is 17.2 Å². The number of piperidine rings is 1. The maximum atomic E-state index is 15.3. The number of hydrogen-bond acceptors (Lipinski definition) is 5. The number of hydrogen-bond donors (Lipinski definition) is 2. The van der Waals surface area contributed by atoms with Gasteiger partial charge in [0.2, 0.25) is 0 Å². The van der Waals surface area contributed by atoms with Crippen LogP contribution in [0.3, 0.4) is 0 Å². The Balaban J connectivity index is 2.08. The third-order valence-corrected chi connectivity index (χ3v) is 4.34. The number of amides is 1. The minimum absolute atomic E-state index is 0.0564. The van der Waals surface area contributed by atoms with Crippen molar-refractivity contribution in [3.8, 4) is 0 Å². The van der Waals surface area contributed by atoms with Crippen molar-refractivity contribution in [2.24, 2.45) is 0 Å². The zero-order valence-electron chi connectivity index (χ0n) is 14.6. The fourth-order valence-electron chi connectivity index (χ4n) is 2.68. The Hall–Kier alpha value is -1.44. The smallest absolute Gasteiger partial charge is 0.410 e. The number of ether oxygens (including phenoxy) is 1. The number of pyridine rings is 1. The second-order valence-corrected chi connectivity index (χ2v) is 7.64. The number of rotatable bonds is 3. The average Bonchev–Trinajstić information content (AvgIpc) is 2.52. The van der Waals surface area contributed by atoms with E-state index >= 15 is 4.39 Å². The van der Waals surface area contributed by atoms with Gasteiger partial charge in [-0.1, -0.05) is 11.6 Å². The maximum absolute atomic E-state index is 15.3. The highest BCUT2D eigenvalue weighted by Gasteiger charge is 2.41. The van der Waals surface area contributed by atoms with Crippen LogP contribution < -0.4 is 0 Å². The van der Waals surface area contributed by atoms with Crippen LogP contribution in [-0.4, -0.2) is 51.5 Å². The van der Waals surface area contributed by atoms with Crippen LogP contribution in [0.1, 0.15) is 51.0 Å². The van der Waals surface area contributed by atoms with Crippen LogP contribution in [0.2, 0.25) is 5.02 Å². The summed E-state index contributed by atoms with van der Waals surface area (Å²) >= 11 is 6.14. The Morgan fingerprint density at radius 1 is 1.48 bits per heavy atom. The van der Waals surface area contributed by atoms with Crippen molar-refractivity contribution in [2.45, 2.75) is 51.0 Å². The predicted octanol–water partition coefficient (Wildman–Crippen LogP) is 2.96. The van der Waals surface area contributed by atoms with Gasteiger partial charge in [0.25, 0.3) is 0 Å². The van der Waals surface area contributed by atoms with Gasteiger partial charge in [0.1, 0.15) is 11.7 Å². The molecule has 2 N–H and O–H groups in total. The van der Waals surface area contributed by atoms with Gasteiger partial charge in [0, 0.05) is 37.7 Å². The second kappa shape index (κ2) is 7.43. The first-order valence-corrected chi connectivity index (χ1v) is 8.55. The number of halogens is 2. The number of carbonyl (C=O) groups excluding carboxylic acids is 1. The maximum Gasteiger partial charge on any atom is 0.410 e. The van der Waals surface area contributed by atoms with Crippen molar-refractivity contribution in [3.05, 3.63) is 28.5 Å². The van der Waals surface area contributed by atoms with Crippen molar-refractivity contribution >= 4 is 17.7 Å². The summed E-state index contributed by atoms with van der Waals surface area (Å²) in [5, 5.41) is 18.7. The quantitative estimate of drug-likeness (QED) is 0.849. The van der Waals surface area contributed by atoms with E-state index in [1.54, 1.807) is 20.8 Å². The molecule has 6 nitrogen and oxygen atoms in total. The molecule has 0 saturated carbocycles. The molecule has 0 bridgehead atoms. The van der Waals surface area contributed by atoms with Gasteiger partial charge < -0.3 is 19.8 Å². The summed E-state index contributed by atoms with van der Waals surface area (Å²) in [4.78, 5) is 17.6. The monoisotopic (exact) mass is 374 g/mol. The lowest BCUT2D eigenvalue weighted by Crippen LogP contribution is -2.45. The number of aliphatic hydroxyl groups is 2. The fourth-order valence-corrected chi connectivity index (χ4v) is 3.02. The standard InChI is InChI=1S/C17H24ClFN2O4/c1-16(2,3)25-15(24)21-6-4-17(19,5-7-21)14-12(18)8-11(9-20-14)13(23)10-22/h8-9,13,22-23H,4-7,10H2,1-3H3/t13-/m1/s1. The van der Waals surface area contributed by atoms with E-state index in [0.717, 1.165) is 0 Å². The molecule has 1 aromatic rings. The first-order valence-electron chi connectivity index (χ1n) is 8.17. The number of carbonyl (C=O) groups is 1. The normalized spacial score (nSPS) is 18.8. The molecule has 0 unspecified atom stereocenters. The highest BCUT2D eigenvalue weighted by atomic mass is 35.5. The van der Waals surface area contributed by atoms with Crippen LogP contribution in [0.4, 0.5) is 9.18 Å². The van der Waals surface area contributed by atoms with Crippen LogP contribution in [0.15, 0.2) is 12.3 Å². The average molecular weight is 375 g/mol. The third kappa shape index (κ3) is 4.80. The highest BCUT2D eigenvalue weighted by Crippen LogP contribution is 2.40. The van der Waals surface area contributed by atoms with Crippen LogP contribution in [-0.2, 0) is 10.4 Å². The topological polar surface area (TPSA) is 82.9 Å². The molecule has 1 atom stereocenters. The van der Waals surface area contributed by atoms with E-state index in [-0.39, 0.29) is 36.6 Å². The van der Waals surface area contributed by atoms with Gasteiger partial charge in [-0.3, -0.25) is 4.98 Å². The molecule has 1 aromatic heterocycles. The molecule has 1 fully saturated rings. The van der Waals surface area contributed by atoms with Gasteiger partial charge in [-0.2, -0.15) is 0 Å². The van der Waals surface area contributed by atoms with E-state index < -0.39 is 30.1 Å². The number of alkyl halides is 1. The molecule has 1 saturated heterocycles. The van der Waals surface area contributed by atoms with Crippen LogP contribution in [0, 0.1) is 0 Å². The van der Waals surface area contributed by atoms with Crippen molar-refractivity contribution < 1.29 is 24.1 Å². The van der Waals surface area contributed by atoms with E-state index in [9.17, 15) is 9.90 Å². The molecule has 1 amide bonds. The Morgan fingerprint density at radius 3 is 2.56 bits per heavy atom. The molecule has 140 valence electrons. The van der Waals surface area contributed by atoms with Gasteiger partial charge in [-0.05, 0) is 26.8 Å². The van der Waals surface area contributed by atoms with Crippen molar-refractivity contribution in [3.63, 3.8) is 0 Å². The summed E-state index contributed by atoms with van der Waals surface area (Å²) in [6.07, 6.45) is -0.149. The third-order valence-electron chi connectivity index (χ3n) is 4.05. The fraction of sp³-hybridized carbons (Fsp3) is 0.647. The molecule has 0 aliphatic carbocycles. The van der Waals surface area contributed by atoms with E-state index in [2.05, 4.69) is 4.98 Å². The number of aliphatic hydroxyl groups excluding tert-OH is 2. The van der Waals surface area contributed by atoms with Gasteiger partial charge >= 0.3 is 6.09 Å². The molecule has 1 aliphatic heterocycles. The minimum Gasteiger partial charge on any atom is -0.444 e. The van der Waals surface area contributed by atoms with Crippen molar-refractivity contribution in [2.75, 3.05) is 19.7 Å². The molecular weight excluding hydrogens is 351 g/mol. The van der Waals surface area contributed by atoms with Crippen LogP contribution in [0.5, 0.6) is 0 Å². The summed E-state index contributed by atoms with van der Waals surface area (Å²) in [7, 11) is 0. The zero-order valence-corrected chi connectivity index (χ0v) is 15.4. The Bertz CT molecular complexity index is 628. The van der Waals surface area contributed by atoms with E-state index in [1.807, 2.05) is 0 Å². The summed E-state index contributed by atoms with van der Waals surface area (Å²) in [5.41, 5.74) is -1.94. The molecule has 8 heteroatoms. The SMILES string of the molecule is CC(C)(C)OC(=O)N1CCC(F)(c2ncc([C@H](O)CO)cc2Cl)CC1. The first-order chi connectivity index (χ1) is 11.6. The number of aromatic nitrogens is 1. The summed E-state index contributed by atoms with van der Waals surface area (Å²) < 4.78 is 20.6. The molecule has 1 aliphatic rings. The van der Waals surface area contributed by atoms with Crippen molar-refractivity contribution in [1.29, 1.82) is 0 Å². The lowest BCUT2D eigenvalue weighted by atomic mass is 9.89. The predicted molar refractivity (Wildman–Crippen MR) is 91.1 cm³/mol. The molecule has 0 spiro atoms. The zero-order chi connectivity index (χ0) is 18.8. The summed E-state index contributed by atoms with van der Waals surface area (Å²) in [6, 6.07) is 1.41. The van der Waals surface area contributed by atoms with Gasteiger partial charge in [-0.25, -0.2) is 9.18 Å². The molecule has 2 heterocycles. The lowest BCUT2D eigenvalue weighted by Gasteiger charge is -2.37. The summed E-state index contributed by atoms with van der Waals surface area (Å²) in [5.74, 6) is 0. The molecule has 0 radical (unpaired) electrons. The molecule has 0 aromatic carbocycles. The molecule has 2 rings (SSSR count). The Labute approximate surface area is 151 Å². The largest absolute Gasteiger partial charge is 0.444 e.